The van der Waals surface area contributed by atoms with Crippen LogP contribution >= 0.6 is 0 Å². The zero-order valence-electron chi connectivity index (χ0n) is 10.2. The molecule has 2 aromatic rings. The fourth-order valence-corrected chi connectivity index (χ4v) is 1.58. The highest BCUT2D eigenvalue weighted by molar-refractivity contribution is 6.03. The number of rotatable bonds is 3. The molecule has 1 aromatic carbocycles. The van der Waals surface area contributed by atoms with E-state index in [2.05, 4.69) is 0 Å². The monoisotopic (exact) mass is 266 g/mol. The molecule has 4 nitrogen and oxygen atoms in total. The summed E-state index contributed by atoms with van der Waals surface area (Å²) in [4.78, 5) is 13.2. The maximum Gasteiger partial charge on any atom is 0.293 e. The molecule has 1 heterocycles. The number of hydrogen-bond acceptors (Lipinski definition) is 3. The normalized spacial score (nSPS) is 10.5. The molecular weight excluding hydrogens is 254 g/mol. The summed E-state index contributed by atoms with van der Waals surface area (Å²) in [6, 6.07) is 6.29. The van der Waals surface area contributed by atoms with Crippen molar-refractivity contribution in [2.24, 2.45) is 5.73 Å². The van der Waals surface area contributed by atoms with E-state index in [1.54, 1.807) is 6.07 Å². The number of anilines is 1. The number of furan rings is 1. The number of amides is 1. The second kappa shape index (κ2) is 5.19. The number of hydrogen-bond donors (Lipinski definition) is 1. The summed E-state index contributed by atoms with van der Waals surface area (Å²) in [5.74, 6) is -1.88. The number of carbonyl (C=O) groups is 1. The van der Waals surface area contributed by atoms with E-state index in [1.165, 1.54) is 24.1 Å². The Bertz CT molecular complexity index is 610. The molecule has 6 heteroatoms. The fraction of sp³-hybridized carbons (Fsp3) is 0.154. The van der Waals surface area contributed by atoms with Crippen LogP contribution in [0.3, 0.4) is 0 Å². The lowest BCUT2D eigenvalue weighted by molar-refractivity contribution is 0.0964. The van der Waals surface area contributed by atoms with Crippen molar-refractivity contribution in [3.63, 3.8) is 0 Å². The lowest BCUT2D eigenvalue weighted by atomic mass is 10.2. The Kier molecular flexibility index (Phi) is 3.62. The third-order valence-electron chi connectivity index (χ3n) is 2.67. The average Bonchev–Trinajstić information content (AvgIpc) is 2.89. The van der Waals surface area contributed by atoms with Crippen LogP contribution in [0.2, 0.25) is 0 Å². The number of nitrogens with two attached hydrogens (primary N) is 1. The van der Waals surface area contributed by atoms with Gasteiger partial charge in [-0.1, -0.05) is 0 Å². The van der Waals surface area contributed by atoms with Gasteiger partial charge >= 0.3 is 0 Å². The van der Waals surface area contributed by atoms with Gasteiger partial charge in [0.2, 0.25) is 0 Å². The maximum absolute atomic E-state index is 13.1. The van der Waals surface area contributed by atoms with Gasteiger partial charge in [-0.3, -0.25) is 4.79 Å². The van der Waals surface area contributed by atoms with Gasteiger partial charge < -0.3 is 15.1 Å². The molecule has 0 aliphatic rings. The van der Waals surface area contributed by atoms with Crippen molar-refractivity contribution in [3.8, 4) is 0 Å². The second-order valence-electron chi connectivity index (χ2n) is 3.93. The first-order valence-corrected chi connectivity index (χ1v) is 5.55. The molecule has 1 aromatic heterocycles. The summed E-state index contributed by atoms with van der Waals surface area (Å²) in [7, 11) is 1.44. The van der Waals surface area contributed by atoms with Crippen molar-refractivity contribution >= 4 is 11.6 Å². The van der Waals surface area contributed by atoms with Crippen LogP contribution in [0.15, 0.2) is 34.7 Å². The minimum Gasteiger partial charge on any atom is -0.455 e. The molecular formula is C13H12F2N2O2. The number of benzene rings is 1. The number of carbonyl (C=O) groups excluding carboxylic acids is 1. The highest BCUT2D eigenvalue weighted by Crippen LogP contribution is 2.19. The lowest BCUT2D eigenvalue weighted by Crippen LogP contribution is -2.25. The molecule has 0 radical (unpaired) electrons. The van der Waals surface area contributed by atoms with Crippen LogP contribution in [0, 0.1) is 11.6 Å². The SMILES string of the molecule is CN(C(=O)c1ccc(CN)o1)c1ccc(F)c(F)c1. The average molecular weight is 266 g/mol. The molecule has 0 spiro atoms. The predicted octanol–water partition coefficient (Wildman–Crippen LogP) is 2.29. The minimum atomic E-state index is -1.01. The van der Waals surface area contributed by atoms with Gasteiger partial charge in [0.15, 0.2) is 17.4 Å². The van der Waals surface area contributed by atoms with E-state index in [9.17, 15) is 13.6 Å². The first kappa shape index (κ1) is 13.2. The van der Waals surface area contributed by atoms with Gasteiger partial charge in [-0.25, -0.2) is 8.78 Å². The quantitative estimate of drug-likeness (QED) is 0.927. The van der Waals surface area contributed by atoms with Gasteiger partial charge in [0, 0.05) is 18.8 Å². The molecule has 2 N–H and O–H groups in total. The Balaban J connectivity index is 2.25. The summed E-state index contributed by atoms with van der Waals surface area (Å²) in [5.41, 5.74) is 5.61. The van der Waals surface area contributed by atoms with E-state index in [4.69, 9.17) is 10.2 Å². The van der Waals surface area contributed by atoms with E-state index in [1.807, 2.05) is 0 Å². The summed E-state index contributed by atoms with van der Waals surface area (Å²) >= 11 is 0. The molecule has 0 aliphatic carbocycles. The van der Waals surface area contributed by atoms with Crippen molar-refractivity contribution in [1.29, 1.82) is 0 Å². The third kappa shape index (κ3) is 2.63. The Labute approximate surface area is 108 Å². The van der Waals surface area contributed by atoms with Crippen molar-refractivity contribution in [3.05, 3.63) is 53.5 Å². The standard InChI is InChI=1S/C13H12F2N2O2/c1-17(8-2-4-10(14)11(15)6-8)13(18)12-5-3-9(7-16)19-12/h2-6H,7,16H2,1H3. The van der Waals surface area contributed by atoms with Crippen molar-refractivity contribution in [1.82, 2.24) is 0 Å². The van der Waals surface area contributed by atoms with Crippen LogP contribution < -0.4 is 10.6 Å². The fourth-order valence-electron chi connectivity index (χ4n) is 1.58. The van der Waals surface area contributed by atoms with Gasteiger partial charge in [-0.05, 0) is 24.3 Å². The molecule has 0 atom stereocenters. The van der Waals surface area contributed by atoms with Crippen LogP contribution in [-0.2, 0) is 6.54 Å². The van der Waals surface area contributed by atoms with E-state index in [0.717, 1.165) is 12.1 Å². The Hall–Kier alpha value is -2.21. The Morgan fingerprint density at radius 1 is 1.26 bits per heavy atom. The van der Waals surface area contributed by atoms with E-state index in [-0.39, 0.29) is 18.0 Å². The van der Waals surface area contributed by atoms with E-state index in [0.29, 0.717) is 5.76 Å². The predicted molar refractivity (Wildman–Crippen MR) is 65.7 cm³/mol. The molecule has 0 fully saturated rings. The minimum absolute atomic E-state index is 0.0904. The zero-order valence-corrected chi connectivity index (χ0v) is 10.2. The maximum atomic E-state index is 13.1. The van der Waals surface area contributed by atoms with Crippen LogP contribution in [0.1, 0.15) is 16.3 Å². The first-order valence-electron chi connectivity index (χ1n) is 5.55. The molecule has 0 aliphatic heterocycles. The molecule has 1 amide bonds. The highest BCUT2D eigenvalue weighted by atomic mass is 19.2. The number of halogens is 2. The summed E-state index contributed by atoms with van der Waals surface area (Å²) in [5, 5.41) is 0. The van der Waals surface area contributed by atoms with E-state index < -0.39 is 17.5 Å². The second-order valence-corrected chi connectivity index (χ2v) is 3.93. The van der Waals surface area contributed by atoms with Gasteiger partial charge in [-0.2, -0.15) is 0 Å². The van der Waals surface area contributed by atoms with E-state index >= 15 is 0 Å². The van der Waals surface area contributed by atoms with Crippen molar-refractivity contribution < 1.29 is 18.0 Å². The smallest absolute Gasteiger partial charge is 0.293 e. The Morgan fingerprint density at radius 2 is 2.00 bits per heavy atom. The summed E-state index contributed by atoms with van der Waals surface area (Å²) in [6.07, 6.45) is 0. The molecule has 0 bridgehead atoms. The van der Waals surface area contributed by atoms with Crippen LogP contribution in [0.25, 0.3) is 0 Å². The number of nitrogens with zero attached hydrogens (tertiary/aromatic N) is 1. The molecule has 2 rings (SSSR count). The van der Waals surface area contributed by atoms with Gasteiger partial charge in [0.25, 0.3) is 5.91 Å². The molecule has 100 valence electrons. The van der Waals surface area contributed by atoms with Crippen molar-refractivity contribution in [2.45, 2.75) is 6.54 Å². The van der Waals surface area contributed by atoms with Crippen LogP contribution in [0.5, 0.6) is 0 Å². The third-order valence-corrected chi connectivity index (χ3v) is 2.67. The highest BCUT2D eigenvalue weighted by Gasteiger charge is 2.18. The summed E-state index contributed by atoms with van der Waals surface area (Å²) in [6.45, 7) is 0.183. The largest absolute Gasteiger partial charge is 0.455 e. The van der Waals surface area contributed by atoms with Crippen molar-refractivity contribution in [2.75, 3.05) is 11.9 Å². The molecule has 0 unspecified atom stereocenters. The van der Waals surface area contributed by atoms with Gasteiger partial charge in [-0.15, -0.1) is 0 Å². The van der Waals surface area contributed by atoms with Crippen LogP contribution in [-0.4, -0.2) is 13.0 Å². The summed E-state index contributed by atoms with van der Waals surface area (Å²) < 4.78 is 31.1. The van der Waals surface area contributed by atoms with Gasteiger partial charge in [0.05, 0.1) is 6.54 Å². The lowest BCUT2D eigenvalue weighted by Gasteiger charge is -2.15. The zero-order chi connectivity index (χ0) is 14.0. The van der Waals surface area contributed by atoms with Crippen LogP contribution in [0.4, 0.5) is 14.5 Å². The molecule has 0 saturated heterocycles. The topological polar surface area (TPSA) is 59.5 Å². The first-order chi connectivity index (χ1) is 9.02. The Morgan fingerprint density at radius 3 is 2.58 bits per heavy atom. The van der Waals surface area contributed by atoms with Gasteiger partial charge in [0.1, 0.15) is 5.76 Å². The molecule has 0 saturated carbocycles. The molecule has 19 heavy (non-hydrogen) atoms.